The molecule has 0 aliphatic carbocycles. The molecule has 0 fully saturated rings. The van der Waals surface area contributed by atoms with Crippen molar-refractivity contribution in [1.82, 2.24) is 4.57 Å². The molecule has 5 heteroatoms. The number of hydrogen-bond acceptors (Lipinski definition) is 2. The Morgan fingerprint density at radius 2 is 2.05 bits per heavy atom. The number of anilines is 1. The predicted octanol–water partition coefficient (Wildman–Crippen LogP) is 3.81. The molecule has 1 N–H and O–H groups in total. The van der Waals surface area contributed by atoms with E-state index in [0.717, 1.165) is 17.7 Å². The van der Waals surface area contributed by atoms with Crippen LogP contribution >= 0.6 is 0 Å². The van der Waals surface area contributed by atoms with E-state index in [1.807, 2.05) is 6.92 Å². The van der Waals surface area contributed by atoms with Gasteiger partial charge in [-0.15, -0.1) is 0 Å². The van der Waals surface area contributed by atoms with Gasteiger partial charge in [-0.05, 0) is 24.1 Å². The number of nitrogens with one attached hydrogen (secondary N) is 1. The summed E-state index contributed by atoms with van der Waals surface area (Å²) in [6, 6.07) is 9.52. The Morgan fingerprint density at radius 1 is 1.24 bits per heavy atom. The van der Waals surface area contributed by atoms with Crippen LogP contribution in [-0.2, 0) is 13.1 Å². The second-order valence-electron chi connectivity index (χ2n) is 4.85. The second-order valence-corrected chi connectivity index (χ2v) is 4.85. The van der Waals surface area contributed by atoms with Crippen LogP contribution < -0.4 is 10.9 Å². The molecule has 0 atom stereocenters. The van der Waals surface area contributed by atoms with E-state index in [1.165, 1.54) is 18.2 Å². The molecular formula is C16H18F2N2O. The van der Waals surface area contributed by atoms with Crippen LogP contribution in [0, 0.1) is 0 Å². The van der Waals surface area contributed by atoms with Crippen molar-refractivity contribution in [2.45, 2.75) is 32.9 Å². The molecule has 1 aromatic heterocycles. The van der Waals surface area contributed by atoms with E-state index >= 15 is 0 Å². The number of pyridine rings is 1. The maximum absolute atomic E-state index is 12.6. The molecule has 0 aliphatic heterocycles. The predicted molar refractivity (Wildman–Crippen MR) is 79.7 cm³/mol. The molecule has 0 spiro atoms. The Morgan fingerprint density at radius 3 is 2.76 bits per heavy atom. The highest BCUT2D eigenvalue weighted by atomic mass is 19.3. The lowest BCUT2D eigenvalue weighted by atomic mass is 10.1. The molecule has 1 heterocycles. The quantitative estimate of drug-likeness (QED) is 0.878. The lowest BCUT2D eigenvalue weighted by molar-refractivity contribution is 0.151. The van der Waals surface area contributed by atoms with E-state index < -0.39 is 6.43 Å². The average Bonchev–Trinajstić information content (AvgIpc) is 2.48. The van der Waals surface area contributed by atoms with Gasteiger partial charge in [-0.1, -0.05) is 25.1 Å². The van der Waals surface area contributed by atoms with Crippen LogP contribution in [0.4, 0.5) is 14.5 Å². The molecule has 0 amide bonds. The van der Waals surface area contributed by atoms with Crippen molar-refractivity contribution >= 4 is 5.69 Å². The van der Waals surface area contributed by atoms with Crippen LogP contribution in [0.5, 0.6) is 0 Å². The fourth-order valence-corrected chi connectivity index (χ4v) is 2.09. The van der Waals surface area contributed by atoms with Crippen LogP contribution in [0.1, 0.15) is 30.9 Å². The molecule has 0 bridgehead atoms. The van der Waals surface area contributed by atoms with Crippen LogP contribution in [0.3, 0.4) is 0 Å². The smallest absolute Gasteiger partial charge is 0.263 e. The van der Waals surface area contributed by atoms with Crippen LogP contribution in [-0.4, -0.2) is 4.57 Å². The Hall–Kier alpha value is -2.17. The van der Waals surface area contributed by atoms with E-state index in [-0.39, 0.29) is 11.1 Å². The minimum absolute atomic E-state index is 0.0188. The highest BCUT2D eigenvalue weighted by Crippen LogP contribution is 2.19. The number of nitrogens with zero attached hydrogens (tertiary/aromatic N) is 1. The molecule has 3 nitrogen and oxygen atoms in total. The summed E-state index contributed by atoms with van der Waals surface area (Å²) in [5, 5.41) is 3.15. The number of halogens is 2. The zero-order chi connectivity index (χ0) is 15.2. The molecule has 0 unspecified atom stereocenters. The van der Waals surface area contributed by atoms with Crippen LogP contribution in [0.15, 0.2) is 47.4 Å². The summed E-state index contributed by atoms with van der Waals surface area (Å²) in [6.45, 7) is 3.10. The standard InChI is InChI=1S/C16H18F2N2O/c1-2-8-20-11-14(6-7-15(20)21)19-10-12-4-3-5-13(9-12)16(17)18/h3-7,9,11,16,19H,2,8,10H2,1H3. The molecule has 2 rings (SSSR count). The maximum atomic E-state index is 12.6. The Labute approximate surface area is 122 Å². The fraction of sp³-hybridized carbons (Fsp3) is 0.312. The number of hydrogen-bond donors (Lipinski definition) is 1. The van der Waals surface area contributed by atoms with Gasteiger partial charge in [0.05, 0.1) is 5.69 Å². The van der Waals surface area contributed by atoms with E-state index in [1.54, 1.807) is 29.0 Å². The van der Waals surface area contributed by atoms with Gasteiger partial charge in [0.25, 0.3) is 12.0 Å². The number of aromatic nitrogens is 1. The third kappa shape index (κ3) is 4.15. The van der Waals surface area contributed by atoms with Crippen LogP contribution in [0.2, 0.25) is 0 Å². The van der Waals surface area contributed by atoms with Gasteiger partial charge in [0.1, 0.15) is 0 Å². The van der Waals surface area contributed by atoms with E-state index in [2.05, 4.69) is 5.32 Å². The lowest BCUT2D eigenvalue weighted by Gasteiger charge is -2.10. The van der Waals surface area contributed by atoms with Crippen molar-refractivity contribution in [3.8, 4) is 0 Å². The van der Waals surface area contributed by atoms with Crippen molar-refractivity contribution in [2.24, 2.45) is 0 Å². The number of rotatable bonds is 6. The lowest BCUT2D eigenvalue weighted by Crippen LogP contribution is -2.18. The summed E-state index contributed by atoms with van der Waals surface area (Å²) < 4.78 is 26.9. The van der Waals surface area contributed by atoms with Gasteiger partial charge in [-0.3, -0.25) is 4.79 Å². The average molecular weight is 292 g/mol. The largest absolute Gasteiger partial charge is 0.380 e. The molecule has 1 aromatic carbocycles. The summed E-state index contributed by atoms with van der Waals surface area (Å²) in [5.74, 6) is 0. The second kappa shape index (κ2) is 7.02. The highest BCUT2D eigenvalue weighted by Gasteiger charge is 2.07. The van der Waals surface area contributed by atoms with Crippen molar-refractivity contribution < 1.29 is 8.78 Å². The minimum atomic E-state index is -2.46. The summed E-state index contributed by atoms with van der Waals surface area (Å²) >= 11 is 0. The molecule has 0 aliphatic rings. The van der Waals surface area contributed by atoms with Gasteiger partial charge in [-0.2, -0.15) is 0 Å². The van der Waals surface area contributed by atoms with Crippen molar-refractivity contribution in [1.29, 1.82) is 0 Å². The molecular weight excluding hydrogens is 274 g/mol. The first kappa shape index (κ1) is 15.2. The SMILES string of the molecule is CCCn1cc(NCc2cccc(C(F)F)c2)ccc1=O. The van der Waals surface area contributed by atoms with E-state index in [4.69, 9.17) is 0 Å². The number of alkyl halides is 2. The van der Waals surface area contributed by atoms with Crippen LogP contribution in [0.25, 0.3) is 0 Å². The van der Waals surface area contributed by atoms with Gasteiger partial charge in [0.15, 0.2) is 0 Å². The summed E-state index contributed by atoms with van der Waals surface area (Å²) in [5.41, 5.74) is 1.55. The minimum Gasteiger partial charge on any atom is -0.380 e. The maximum Gasteiger partial charge on any atom is 0.263 e. The van der Waals surface area contributed by atoms with Crippen molar-refractivity contribution in [2.75, 3.05) is 5.32 Å². The molecule has 0 saturated carbocycles. The molecule has 112 valence electrons. The fourth-order valence-electron chi connectivity index (χ4n) is 2.09. The first-order valence-corrected chi connectivity index (χ1v) is 6.91. The monoisotopic (exact) mass is 292 g/mol. The summed E-state index contributed by atoms with van der Waals surface area (Å²) in [4.78, 5) is 11.6. The zero-order valence-electron chi connectivity index (χ0n) is 11.9. The van der Waals surface area contributed by atoms with Crippen molar-refractivity contribution in [3.63, 3.8) is 0 Å². The zero-order valence-corrected chi connectivity index (χ0v) is 11.9. The topological polar surface area (TPSA) is 34.0 Å². The number of benzene rings is 1. The molecule has 21 heavy (non-hydrogen) atoms. The Balaban J connectivity index is 2.07. The van der Waals surface area contributed by atoms with Gasteiger partial charge in [-0.25, -0.2) is 8.78 Å². The molecule has 2 aromatic rings. The molecule has 0 radical (unpaired) electrons. The Bertz CT molecular complexity index is 653. The van der Waals surface area contributed by atoms with Gasteiger partial charge >= 0.3 is 0 Å². The van der Waals surface area contributed by atoms with Gasteiger partial charge < -0.3 is 9.88 Å². The summed E-state index contributed by atoms with van der Waals surface area (Å²) in [6.07, 6.45) is 0.166. The third-order valence-corrected chi connectivity index (χ3v) is 3.15. The normalized spacial score (nSPS) is 10.9. The highest BCUT2D eigenvalue weighted by molar-refractivity contribution is 5.41. The van der Waals surface area contributed by atoms with Gasteiger partial charge in [0.2, 0.25) is 0 Å². The number of aryl methyl sites for hydroxylation is 1. The molecule has 0 saturated heterocycles. The Kier molecular flexibility index (Phi) is 5.09. The third-order valence-electron chi connectivity index (χ3n) is 3.15. The first-order valence-electron chi connectivity index (χ1n) is 6.91. The van der Waals surface area contributed by atoms with Gasteiger partial charge in [0, 0.05) is 30.9 Å². The summed E-state index contributed by atoms with van der Waals surface area (Å²) in [7, 11) is 0. The van der Waals surface area contributed by atoms with E-state index in [9.17, 15) is 13.6 Å². The van der Waals surface area contributed by atoms with E-state index in [0.29, 0.717) is 13.1 Å². The van der Waals surface area contributed by atoms with Crippen molar-refractivity contribution in [3.05, 3.63) is 64.1 Å². The first-order chi connectivity index (χ1) is 10.1.